The van der Waals surface area contributed by atoms with Gasteiger partial charge in [-0.3, -0.25) is 5.43 Å². The molecule has 0 saturated carbocycles. The number of hydrogen-bond donors (Lipinski definition) is 1. The van der Waals surface area contributed by atoms with Crippen LogP contribution < -0.4 is 19.6 Å². The fourth-order valence-corrected chi connectivity index (χ4v) is 2.77. The summed E-state index contributed by atoms with van der Waals surface area (Å²) in [5, 5.41) is 6.78. The Hall–Kier alpha value is -3.06. The number of aromatic nitrogens is 1. The number of hydrogen-bond acceptors (Lipinski definition) is 7. The van der Waals surface area contributed by atoms with E-state index in [1.807, 2.05) is 47.8 Å². The lowest BCUT2D eigenvalue weighted by atomic mass is 10.2. The zero-order valence-corrected chi connectivity index (χ0v) is 15.3. The maximum Gasteiger partial charge on any atom is 0.203 e. The van der Waals surface area contributed by atoms with Crippen molar-refractivity contribution < 1.29 is 14.2 Å². The van der Waals surface area contributed by atoms with Crippen LogP contribution in [0.1, 0.15) is 11.1 Å². The van der Waals surface area contributed by atoms with E-state index in [9.17, 15) is 0 Å². The van der Waals surface area contributed by atoms with Crippen molar-refractivity contribution in [2.24, 2.45) is 5.10 Å². The van der Waals surface area contributed by atoms with Gasteiger partial charge in [0.25, 0.3) is 0 Å². The van der Waals surface area contributed by atoms with Crippen LogP contribution in [0.3, 0.4) is 0 Å². The molecule has 3 aromatic rings. The first-order chi connectivity index (χ1) is 12.8. The maximum absolute atomic E-state index is 5.94. The average Bonchev–Trinajstić information content (AvgIpc) is 3.20. The molecule has 0 fully saturated rings. The Morgan fingerprint density at radius 1 is 1.12 bits per heavy atom. The third kappa shape index (κ3) is 4.52. The first-order valence-corrected chi connectivity index (χ1v) is 8.79. The Kier molecular flexibility index (Phi) is 6.05. The van der Waals surface area contributed by atoms with E-state index in [1.54, 1.807) is 26.6 Å². The number of hydrazone groups is 1. The second-order valence-corrected chi connectivity index (χ2v) is 6.13. The number of anilines is 1. The summed E-state index contributed by atoms with van der Waals surface area (Å²) < 4.78 is 16.9. The van der Waals surface area contributed by atoms with Crippen LogP contribution in [-0.2, 0) is 6.61 Å². The summed E-state index contributed by atoms with van der Waals surface area (Å²) in [7, 11) is 3.19. The Bertz CT molecular complexity index is 827. The molecule has 1 N–H and O–H groups in total. The van der Waals surface area contributed by atoms with E-state index >= 15 is 0 Å². The molecule has 0 amide bonds. The Morgan fingerprint density at radius 3 is 2.46 bits per heavy atom. The van der Waals surface area contributed by atoms with Crippen molar-refractivity contribution in [1.82, 2.24) is 4.98 Å². The van der Waals surface area contributed by atoms with Crippen molar-refractivity contribution >= 4 is 22.7 Å². The zero-order valence-electron chi connectivity index (χ0n) is 14.5. The quantitative estimate of drug-likeness (QED) is 0.476. The van der Waals surface area contributed by atoms with Gasteiger partial charge < -0.3 is 14.2 Å². The molecule has 0 aliphatic rings. The monoisotopic (exact) mass is 369 g/mol. The molecule has 0 spiro atoms. The minimum Gasteiger partial charge on any atom is -0.493 e. The summed E-state index contributed by atoms with van der Waals surface area (Å²) in [5.41, 5.74) is 4.75. The first kappa shape index (κ1) is 17.8. The molecular weight excluding hydrogens is 350 g/mol. The molecule has 0 aliphatic heterocycles. The fraction of sp³-hybridized carbons (Fsp3) is 0.158. The summed E-state index contributed by atoms with van der Waals surface area (Å²) in [6, 6.07) is 13.6. The lowest BCUT2D eigenvalue weighted by Crippen LogP contribution is -2.01. The summed E-state index contributed by atoms with van der Waals surface area (Å²) in [5.74, 6) is 1.72. The Labute approximate surface area is 156 Å². The SMILES string of the molecule is COc1cc(/C=N\Nc2nccs2)cc(OC)c1OCc1ccccc1. The smallest absolute Gasteiger partial charge is 0.203 e. The van der Waals surface area contributed by atoms with Crippen LogP contribution in [0.4, 0.5) is 5.13 Å². The van der Waals surface area contributed by atoms with Crippen molar-refractivity contribution in [3.8, 4) is 17.2 Å². The fourth-order valence-electron chi connectivity index (χ4n) is 2.29. The highest BCUT2D eigenvalue weighted by Crippen LogP contribution is 2.38. The minimum absolute atomic E-state index is 0.423. The number of benzene rings is 2. The Balaban J connectivity index is 1.77. The van der Waals surface area contributed by atoms with Crippen molar-refractivity contribution in [2.45, 2.75) is 6.61 Å². The van der Waals surface area contributed by atoms with Crippen LogP contribution in [0.15, 0.2) is 59.1 Å². The molecule has 134 valence electrons. The standard InChI is InChI=1S/C19H19N3O3S/c1-23-16-10-15(12-21-22-19-20-8-9-26-19)11-17(24-2)18(16)25-13-14-6-4-3-5-7-14/h3-12H,13H2,1-2H3,(H,20,22)/b21-12-. The number of nitrogens with one attached hydrogen (secondary N) is 1. The molecule has 0 atom stereocenters. The predicted molar refractivity (Wildman–Crippen MR) is 104 cm³/mol. The highest BCUT2D eigenvalue weighted by Gasteiger charge is 2.14. The van der Waals surface area contributed by atoms with Crippen molar-refractivity contribution in [3.05, 3.63) is 65.2 Å². The number of ether oxygens (including phenoxy) is 3. The summed E-state index contributed by atoms with van der Waals surface area (Å²) in [4.78, 5) is 4.11. The van der Waals surface area contributed by atoms with E-state index in [4.69, 9.17) is 14.2 Å². The lowest BCUT2D eigenvalue weighted by molar-refractivity contribution is 0.266. The van der Waals surface area contributed by atoms with Crippen molar-refractivity contribution in [2.75, 3.05) is 19.6 Å². The van der Waals surface area contributed by atoms with Gasteiger partial charge in [-0.25, -0.2) is 4.98 Å². The minimum atomic E-state index is 0.423. The molecule has 0 aliphatic carbocycles. The van der Waals surface area contributed by atoms with Gasteiger partial charge in [0, 0.05) is 17.1 Å². The third-order valence-corrected chi connectivity index (χ3v) is 4.19. The number of rotatable bonds is 8. The van der Waals surface area contributed by atoms with Crippen LogP contribution in [0.2, 0.25) is 0 Å². The second kappa shape index (κ2) is 8.87. The number of thiazole rings is 1. The lowest BCUT2D eigenvalue weighted by Gasteiger charge is -2.15. The molecule has 6 nitrogen and oxygen atoms in total. The Morgan fingerprint density at radius 2 is 1.85 bits per heavy atom. The van der Waals surface area contributed by atoms with Gasteiger partial charge in [0.2, 0.25) is 10.9 Å². The van der Waals surface area contributed by atoms with Crippen LogP contribution in [0.5, 0.6) is 17.2 Å². The van der Waals surface area contributed by atoms with Crippen LogP contribution in [0, 0.1) is 0 Å². The van der Waals surface area contributed by atoms with Gasteiger partial charge in [-0.15, -0.1) is 11.3 Å². The average molecular weight is 369 g/mol. The summed E-state index contributed by atoms with van der Waals surface area (Å²) >= 11 is 1.47. The van der Waals surface area contributed by atoms with Crippen LogP contribution >= 0.6 is 11.3 Å². The highest BCUT2D eigenvalue weighted by molar-refractivity contribution is 7.13. The highest BCUT2D eigenvalue weighted by atomic mass is 32.1. The first-order valence-electron chi connectivity index (χ1n) is 7.91. The van der Waals surface area contributed by atoms with E-state index < -0.39 is 0 Å². The van der Waals surface area contributed by atoms with E-state index in [0.717, 1.165) is 16.3 Å². The van der Waals surface area contributed by atoms with Gasteiger partial charge in [-0.05, 0) is 17.7 Å². The zero-order chi connectivity index (χ0) is 18.2. The molecule has 2 aromatic carbocycles. The van der Waals surface area contributed by atoms with Gasteiger partial charge >= 0.3 is 0 Å². The molecular formula is C19H19N3O3S. The van der Waals surface area contributed by atoms with Gasteiger partial charge in [0.05, 0.1) is 20.4 Å². The van der Waals surface area contributed by atoms with Gasteiger partial charge in [0.1, 0.15) is 6.61 Å². The molecule has 0 bridgehead atoms. The molecule has 0 radical (unpaired) electrons. The van der Waals surface area contributed by atoms with E-state index in [1.165, 1.54) is 11.3 Å². The number of nitrogens with zero attached hydrogens (tertiary/aromatic N) is 2. The van der Waals surface area contributed by atoms with E-state index in [0.29, 0.717) is 23.9 Å². The van der Waals surface area contributed by atoms with Gasteiger partial charge in [0.15, 0.2) is 11.5 Å². The van der Waals surface area contributed by atoms with Crippen LogP contribution in [-0.4, -0.2) is 25.4 Å². The molecule has 3 rings (SSSR count). The normalized spacial score (nSPS) is 10.7. The molecule has 0 saturated heterocycles. The number of methoxy groups -OCH3 is 2. The molecule has 0 unspecified atom stereocenters. The molecule has 1 aromatic heterocycles. The summed E-state index contributed by atoms with van der Waals surface area (Å²) in [6.45, 7) is 0.423. The summed E-state index contributed by atoms with van der Waals surface area (Å²) in [6.07, 6.45) is 3.39. The van der Waals surface area contributed by atoms with E-state index in [2.05, 4.69) is 15.5 Å². The van der Waals surface area contributed by atoms with Gasteiger partial charge in [-0.1, -0.05) is 30.3 Å². The maximum atomic E-state index is 5.94. The van der Waals surface area contributed by atoms with E-state index in [-0.39, 0.29) is 0 Å². The molecule has 26 heavy (non-hydrogen) atoms. The van der Waals surface area contributed by atoms with Crippen molar-refractivity contribution in [3.63, 3.8) is 0 Å². The largest absolute Gasteiger partial charge is 0.493 e. The molecule has 1 heterocycles. The molecule has 7 heteroatoms. The van der Waals surface area contributed by atoms with Crippen LogP contribution in [0.25, 0.3) is 0 Å². The predicted octanol–water partition coefficient (Wildman–Crippen LogP) is 4.19. The third-order valence-electron chi connectivity index (χ3n) is 3.52. The topological polar surface area (TPSA) is 65.0 Å². The second-order valence-electron chi connectivity index (χ2n) is 5.24. The van der Waals surface area contributed by atoms with Gasteiger partial charge in [-0.2, -0.15) is 5.10 Å². The van der Waals surface area contributed by atoms with Crippen molar-refractivity contribution in [1.29, 1.82) is 0 Å².